The minimum absolute atomic E-state index is 0.0686. The summed E-state index contributed by atoms with van der Waals surface area (Å²) >= 11 is 0. The molecule has 0 aromatic rings. The van der Waals surface area contributed by atoms with Crippen LogP contribution in [0, 0.1) is 5.41 Å². The largest absolute Gasteiger partial charge is 0.336 e. The molecule has 0 saturated carbocycles. The third kappa shape index (κ3) is 4.52. The van der Waals surface area contributed by atoms with Crippen molar-refractivity contribution >= 4 is 6.03 Å². The van der Waals surface area contributed by atoms with Crippen LogP contribution in [-0.2, 0) is 0 Å². The number of amides is 2. The minimum atomic E-state index is 0.0686. The Labute approximate surface area is 104 Å². The van der Waals surface area contributed by atoms with E-state index in [-0.39, 0.29) is 11.4 Å². The molecule has 1 heterocycles. The van der Waals surface area contributed by atoms with E-state index in [0.29, 0.717) is 6.54 Å². The summed E-state index contributed by atoms with van der Waals surface area (Å²) in [4.78, 5) is 15.6. The first kappa shape index (κ1) is 14.3. The summed E-state index contributed by atoms with van der Waals surface area (Å²) in [5.74, 6) is 0. The number of hydrogen-bond acceptors (Lipinski definition) is 3. The van der Waals surface area contributed by atoms with Crippen LogP contribution in [0.15, 0.2) is 0 Å². The Morgan fingerprint density at radius 1 is 1.53 bits per heavy atom. The van der Waals surface area contributed by atoms with E-state index in [1.807, 2.05) is 4.90 Å². The van der Waals surface area contributed by atoms with Gasteiger partial charge >= 0.3 is 6.03 Å². The Morgan fingerprint density at radius 2 is 2.24 bits per heavy atom. The van der Waals surface area contributed by atoms with Crippen LogP contribution in [0.2, 0.25) is 0 Å². The van der Waals surface area contributed by atoms with Gasteiger partial charge in [0, 0.05) is 32.7 Å². The zero-order valence-electron chi connectivity index (χ0n) is 11.3. The van der Waals surface area contributed by atoms with Crippen LogP contribution in [0.5, 0.6) is 0 Å². The third-order valence-corrected chi connectivity index (χ3v) is 3.28. The van der Waals surface area contributed by atoms with E-state index in [1.165, 1.54) is 0 Å². The van der Waals surface area contributed by atoms with Crippen molar-refractivity contribution in [3.05, 3.63) is 0 Å². The first-order valence-electron chi connectivity index (χ1n) is 6.43. The fourth-order valence-corrected chi connectivity index (χ4v) is 2.01. The van der Waals surface area contributed by atoms with E-state index >= 15 is 0 Å². The van der Waals surface area contributed by atoms with Gasteiger partial charge in [0.25, 0.3) is 0 Å². The number of carbonyl (C=O) groups is 1. The zero-order chi connectivity index (χ0) is 12.9. The van der Waals surface area contributed by atoms with Crippen molar-refractivity contribution in [3.8, 4) is 0 Å². The molecular formula is C12H26N4O. The van der Waals surface area contributed by atoms with Crippen LogP contribution in [0.1, 0.15) is 20.8 Å². The number of urea groups is 1. The monoisotopic (exact) mass is 242 g/mol. The van der Waals surface area contributed by atoms with Gasteiger partial charge in [-0.15, -0.1) is 0 Å². The predicted molar refractivity (Wildman–Crippen MR) is 69.9 cm³/mol. The molecule has 0 bridgehead atoms. The normalized spacial score (nSPS) is 16.8. The second-order valence-corrected chi connectivity index (χ2v) is 5.46. The van der Waals surface area contributed by atoms with Crippen LogP contribution in [0.25, 0.3) is 0 Å². The lowest BCUT2D eigenvalue weighted by Gasteiger charge is -2.31. The summed E-state index contributed by atoms with van der Waals surface area (Å²) in [7, 11) is 0. The maximum absolute atomic E-state index is 11.4. The Bertz CT molecular complexity index is 255. The van der Waals surface area contributed by atoms with Crippen LogP contribution in [0.4, 0.5) is 4.79 Å². The zero-order valence-corrected chi connectivity index (χ0v) is 11.3. The summed E-state index contributed by atoms with van der Waals surface area (Å²) in [5, 5.41) is 2.82. The molecule has 1 saturated heterocycles. The van der Waals surface area contributed by atoms with Crippen molar-refractivity contribution in [1.82, 2.24) is 15.1 Å². The lowest BCUT2D eigenvalue weighted by molar-refractivity contribution is 0.169. The van der Waals surface area contributed by atoms with Crippen LogP contribution >= 0.6 is 0 Å². The van der Waals surface area contributed by atoms with Gasteiger partial charge in [0.15, 0.2) is 0 Å². The maximum atomic E-state index is 11.4. The number of likely N-dealkylation sites (N-methyl/N-ethyl adjacent to an activating group) is 1. The molecule has 1 fully saturated rings. The average Bonchev–Trinajstić information content (AvgIpc) is 2.70. The van der Waals surface area contributed by atoms with Crippen LogP contribution in [0.3, 0.4) is 0 Å². The van der Waals surface area contributed by atoms with E-state index < -0.39 is 0 Å². The highest BCUT2D eigenvalue weighted by Gasteiger charge is 2.22. The summed E-state index contributed by atoms with van der Waals surface area (Å²) in [6.07, 6.45) is 0. The number of hydrogen-bond donors (Lipinski definition) is 2. The summed E-state index contributed by atoms with van der Waals surface area (Å²) in [6.45, 7) is 12.5. The maximum Gasteiger partial charge on any atom is 0.317 e. The molecule has 1 rings (SSSR count). The highest BCUT2D eigenvalue weighted by molar-refractivity contribution is 5.76. The molecule has 17 heavy (non-hydrogen) atoms. The third-order valence-electron chi connectivity index (χ3n) is 3.28. The fourth-order valence-electron chi connectivity index (χ4n) is 2.01. The van der Waals surface area contributed by atoms with Crippen molar-refractivity contribution < 1.29 is 4.79 Å². The molecule has 0 radical (unpaired) electrons. The Morgan fingerprint density at radius 3 is 2.71 bits per heavy atom. The van der Waals surface area contributed by atoms with E-state index in [9.17, 15) is 4.79 Å². The first-order chi connectivity index (χ1) is 7.98. The molecule has 0 aliphatic carbocycles. The number of nitrogens with one attached hydrogen (secondary N) is 1. The Balaban J connectivity index is 2.34. The smallest absolute Gasteiger partial charge is 0.317 e. The van der Waals surface area contributed by atoms with Gasteiger partial charge in [-0.25, -0.2) is 4.79 Å². The molecule has 0 aromatic carbocycles. The van der Waals surface area contributed by atoms with Gasteiger partial charge in [-0.3, -0.25) is 0 Å². The molecule has 5 nitrogen and oxygen atoms in total. The van der Waals surface area contributed by atoms with Gasteiger partial charge in [-0.1, -0.05) is 20.8 Å². The number of nitrogens with zero attached hydrogens (tertiary/aromatic N) is 2. The lowest BCUT2D eigenvalue weighted by Crippen LogP contribution is -2.43. The first-order valence-corrected chi connectivity index (χ1v) is 6.43. The van der Waals surface area contributed by atoms with Crippen LogP contribution < -0.4 is 11.1 Å². The molecule has 1 aliphatic rings. The molecular weight excluding hydrogens is 216 g/mol. The molecule has 0 aromatic heterocycles. The molecule has 3 N–H and O–H groups in total. The van der Waals surface area contributed by atoms with E-state index in [0.717, 1.165) is 39.3 Å². The highest BCUT2D eigenvalue weighted by atomic mass is 16.2. The summed E-state index contributed by atoms with van der Waals surface area (Å²) in [6, 6.07) is 0.0686. The lowest BCUT2D eigenvalue weighted by atomic mass is 9.93. The average molecular weight is 242 g/mol. The minimum Gasteiger partial charge on any atom is -0.336 e. The topological polar surface area (TPSA) is 61.6 Å². The van der Waals surface area contributed by atoms with Gasteiger partial charge in [0.2, 0.25) is 0 Å². The molecule has 2 amide bonds. The quantitative estimate of drug-likeness (QED) is 0.676. The van der Waals surface area contributed by atoms with Crippen LogP contribution in [-0.4, -0.2) is 61.6 Å². The van der Waals surface area contributed by atoms with E-state index in [2.05, 4.69) is 31.0 Å². The number of rotatable bonds is 7. The standard InChI is InChI=1S/C12H26N4O/c1-4-15(10-12(2,3)9-13)7-8-16-6-5-14-11(16)17/h4-10,13H2,1-3H3,(H,14,17). The molecule has 5 heteroatoms. The van der Waals surface area contributed by atoms with E-state index in [1.54, 1.807) is 0 Å². The highest BCUT2D eigenvalue weighted by Crippen LogP contribution is 2.14. The van der Waals surface area contributed by atoms with Gasteiger partial charge in [0.05, 0.1) is 0 Å². The van der Waals surface area contributed by atoms with Gasteiger partial charge in [0.1, 0.15) is 0 Å². The fraction of sp³-hybridized carbons (Fsp3) is 0.917. The molecule has 0 unspecified atom stereocenters. The predicted octanol–water partition coefficient (Wildman–Crippen LogP) is 0.318. The van der Waals surface area contributed by atoms with Crippen molar-refractivity contribution in [2.45, 2.75) is 20.8 Å². The van der Waals surface area contributed by atoms with Crippen molar-refractivity contribution in [1.29, 1.82) is 0 Å². The molecule has 100 valence electrons. The molecule has 1 aliphatic heterocycles. The van der Waals surface area contributed by atoms with Gasteiger partial charge in [-0.05, 0) is 18.5 Å². The van der Waals surface area contributed by atoms with Crippen molar-refractivity contribution in [3.63, 3.8) is 0 Å². The van der Waals surface area contributed by atoms with Crippen molar-refractivity contribution in [2.24, 2.45) is 11.1 Å². The summed E-state index contributed by atoms with van der Waals surface area (Å²) in [5.41, 5.74) is 5.89. The Hall–Kier alpha value is -0.810. The number of carbonyl (C=O) groups excluding carboxylic acids is 1. The molecule has 0 spiro atoms. The second-order valence-electron chi connectivity index (χ2n) is 5.46. The van der Waals surface area contributed by atoms with Crippen molar-refractivity contribution in [2.75, 3.05) is 45.8 Å². The second kappa shape index (κ2) is 6.21. The SMILES string of the molecule is CCN(CCN1CCNC1=O)CC(C)(C)CN. The van der Waals surface area contributed by atoms with E-state index in [4.69, 9.17) is 5.73 Å². The number of nitrogens with two attached hydrogens (primary N) is 1. The Kier molecular flexibility index (Phi) is 5.21. The van der Waals surface area contributed by atoms with Gasteiger partial charge in [-0.2, -0.15) is 0 Å². The summed E-state index contributed by atoms with van der Waals surface area (Å²) < 4.78 is 0. The van der Waals surface area contributed by atoms with Gasteiger partial charge < -0.3 is 20.9 Å². The molecule has 0 atom stereocenters.